The lowest BCUT2D eigenvalue weighted by Crippen LogP contribution is -2.34. The summed E-state index contributed by atoms with van der Waals surface area (Å²) in [5.74, 6) is -0.256. The van der Waals surface area contributed by atoms with Gasteiger partial charge in [0.25, 0.3) is 5.91 Å². The summed E-state index contributed by atoms with van der Waals surface area (Å²) >= 11 is 0. The molecule has 0 saturated heterocycles. The summed E-state index contributed by atoms with van der Waals surface area (Å²) in [6.07, 6.45) is 3.24. The monoisotopic (exact) mass is 336 g/mol. The number of carbonyl (C=O) groups excluding carboxylic acids is 1. The molecule has 1 amide bonds. The van der Waals surface area contributed by atoms with Gasteiger partial charge < -0.3 is 4.90 Å². The van der Waals surface area contributed by atoms with E-state index in [4.69, 9.17) is 0 Å². The molecule has 0 fully saturated rings. The zero-order valence-corrected chi connectivity index (χ0v) is 14.7. The fourth-order valence-corrected chi connectivity index (χ4v) is 3.38. The molecule has 6 heteroatoms. The highest BCUT2D eigenvalue weighted by Gasteiger charge is 2.24. The molecule has 1 aromatic rings. The Morgan fingerprint density at radius 2 is 1.78 bits per heavy atom. The summed E-state index contributed by atoms with van der Waals surface area (Å²) in [5.41, 5.74) is 0.326. The number of hydrogen-bond acceptors (Lipinski definition) is 3. The van der Waals surface area contributed by atoms with Gasteiger partial charge in [-0.25, -0.2) is 8.42 Å². The molecule has 0 unspecified atom stereocenters. The van der Waals surface area contributed by atoms with Crippen LogP contribution in [0.2, 0.25) is 0 Å². The third-order valence-electron chi connectivity index (χ3n) is 3.47. The lowest BCUT2D eigenvalue weighted by molar-refractivity contribution is 0.0790. The van der Waals surface area contributed by atoms with E-state index in [1.165, 1.54) is 28.4 Å². The molecule has 0 atom stereocenters. The summed E-state index contributed by atoms with van der Waals surface area (Å²) in [4.78, 5) is 14.2. The van der Waals surface area contributed by atoms with Gasteiger partial charge in [0.15, 0.2) is 0 Å². The highest BCUT2D eigenvalue weighted by Crippen LogP contribution is 2.18. The highest BCUT2D eigenvalue weighted by atomic mass is 32.2. The van der Waals surface area contributed by atoms with Gasteiger partial charge in [-0.05, 0) is 32.0 Å². The van der Waals surface area contributed by atoms with Gasteiger partial charge in [-0.15, -0.1) is 13.2 Å². The molecule has 0 aliphatic heterocycles. The van der Waals surface area contributed by atoms with Gasteiger partial charge in [-0.3, -0.25) is 4.79 Å². The Morgan fingerprint density at radius 1 is 1.22 bits per heavy atom. The van der Waals surface area contributed by atoms with Gasteiger partial charge in [0, 0.05) is 31.7 Å². The fraction of sp³-hybridized carbons (Fsp3) is 0.353. The van der Waals surface area contributed by atoms with Crippen LogP contribution < -0.4 is 0 Å². The topological polar surface area (TPSA) is 57.7 Å². The SMILES string of the molecule is C=CCN(CC=C)C(=O)c1cccc(S(=O)(=O)N(C)C(C)C)c1. The second kappa shape index (κ2) is 8.08. The van der Waals surface area contributed by atoms with Crippen LogP contribution >= 0.6 is 0 Å². The van der Waals surface area contributed by atoms with Gasteiger partial charge in [-0.1, -0.05) is 18.2 Å². The van der Waals surface area contributed by atoms with Gasteiger partial charge in [-0.2, -0.15) is 4.31 Å². The molecule has 126 valence electrons. The molecule has 0 heterocycles. The van der Waals surface area contributed by atoms with E-state index in [1.54, 1.807) is 38.1 Å². The third kappa shape index (κ3) is 4.53. The molecule has 5 nitrogen and oxygen atoms in total. The van der Waals surface area contributed by atoms with Crippen molar-refractivity contribution in [2.24, 2.45) is 0 Å². The van der Waals surface area contributed by atoms with Crippen molar-refractivity contribution in [1.29, 1.82) is 0 Å². The average Bonchev–Trinajstić information content (AvgIpc) is 2.53. The van der Waals surface area contributed by atoms with E-state index in [1.807, 2.05) is 0 Å². The predicted octanol–water partition coefficient (Wildman–Crippen LogP) is 2.53. The molecule has 0 aliphatic rings. The number of carbonyl (C=O) groups is 1. The first-order valence-electron chi connectivity index (χ1n) is 7.34. The molecular weight excluding hydrogens is 312 g/mol. The molecule has 0 saturated carbocycles. The first-order valence-corrected chi connectivity index (χ1v) is 8.78. The maximum atomic E-state index is 12.5. The van der Waals surface area contributed by atoms with Crippen molar-refractivity contribution < 1.29 is 13.2 Å². The third-order valence-corrected chi connectivity index (χ3v) is 5.50. The van der Waals surface area contributed by atoms with Crippen LogP contribution in [-0.2, 0) is 10.0 Å². The number of nitrogens with zero attached hydrogens (tertiary/aromatic N) is 2. The van der Waals surface area contributed by atoms with Gasteiger partial charge in [0.1, 0.15) is 0 Å². The molecule has 0 aromatic heterocycles. The minimum Gasteiger partial charge on any atom is -0.331 e. The van der Waals surface area contributed by atoms with Crippen LogP contribution in [0.25, 0.3) is 0 Å². The zero-order valence-electron chi connectivity index (χ0n) is 13.9. The maximum absolute atomic E-state index is 12.5. The van der Waals surface area contributed by atoms with Gasteiger partial charge in [0.05, 0.1) is 4.90 Å². The molecule has 1 rings (SSSR count). The Balaban J connectivity index is 3.21. The van der Waals surface area contributed by atoms with E-state index in [-0.39, 0.29) is 16.8 Å². The van der Waals surface area contributed by atoms with Gasteiger partial charge in [0.2, 0.25) is 10.0 Å². The minimum absolute atomic E-state index is 0.108. The van der Waals surface area contributed by atoms with Crippen LogP contribution in [0.1, 0.15) is 24.2 Å². The Hall–Kier alpha value is -1.92. The minimum atomic E-state index is -3.62. The van der Waals surface area contributed by atoms with Crippen molar-refractivity contribution in [1.82, 2.24) is 9.21 Å². The molecule has 0 aliphatic carbocycles. The number of sulfonamides is 1. The van der Waals surface area contributed by atoms with Crippen LogP contribution in [0, 0.1) is 0 Å². The van der Waals surface area contributed by atoms with Crippen LogP contribution in [-0.4, -0.2) is 49.7 Å². The summed E-state index contributed by atoms with van der Waals surface area (Å²) in [6.45, 7) is 11.6. The van der Waals surface area contributed by atoms with Crippen LogP contribution in [0.15, 0.2) is 54.5 Å². The van der Waals surface area contributed by atoms with Crippen molar-refractivity contribution in [2.45, 2.75) is 24.8 Å². The standard InChI is InChI=1S/C17H24N2O3S/c1-6-11-19(12-7-2)17(20)15-9-8-10-16(13-15)23(21,22)18(5)14(3)4/h6-10,13-14H,1-2,11-12H2,3-5H3. The normalized spacial score (nSPS) is 11.5. The number of benzene rings is 1. The summed E-state index contributed by atoms with van der Waals surface area (Å²) in [5, 5.41) is 0. The first kappa shape index (κ1) is 19.1. The number of rotatable bonds is 8. The Labute approximate surface area is 139 Å². The van der Waals surface area contributed by atoms with Gasteiger partial charge >= 0.3 is 0 Å². The van der Waals surface area contributed by atoms with Crippen molar-refractivity contribution in [3.8, 4) is 0 Å². The number of amides is 1. The summed E-state index contributed by atoms with van der Waals surface area (Å²) in [6, 6.07) is 5.92. The zero-order chi connectivity index (χ0) is 17.6. The average molecular weight is 336 g/mol. The van der Waals surface area contributed by atoms with E-state index in [0.717, 1.165) is 0 Å². The van der Waals surface area contributed by atoms with Crippen molar-refractivity contribution in [2.75, 3.05) is 20.1 Å². The smallest absolute Gasteiger partial charge is 0.254 e. The molecular formula is C17H24N2O3S. The van der Waals surface area contributed by atoms with Crippen LogP contribution in [0.5, 0.6) is 0 Å². The second-order valence-corrected chi connectivity index (χ2v) is 7.43. The predicted molar refractivity (Wildman–Crippen MR) is 92.8 cm³/mol. The summed E-state index contributed by atoms with van der Waals surface area (Å²) in [7, 11) is -2.10. The lowest BCUT2D eigenvalue weighted by Gasteiger charge is -2.22. The fourth-order valence-electron chi connectivity index (χ4n) is 1.97. The van der Waals surface area contributed by atoms with Crippen LogP contribution in [0.4, 0.5) is 0 Å². The lowest BCUT2D eigenvalue weighted by atomic mass is 10.2. The second-order valence-electron chi connectivity index (χ2n) is 5.43. The molecule has 0 spiro atoms. The van der Waals surface area contributed by atoms with E-state index in [9.17, 15) is 13.2 Å². The van der Waals surface area contributed by atoms with E-state index in [2.05, 4.69) is 13.2 Å². The molecule has 0 bridgehead atoms. The maximum Gasteiger partial charge on any atom is 0.254 e. The Bertz CT molecular complexity index is 671. The van der Waals surface area contributed by atoms with Crippen molar-refractivity contribution in [3.05, 3.63) is 55.1 Å². The molecule has 1 aromatic carbocycles. The quantitative estimate of drug-likeness (QED) is 0.686. The van der Waals surface area contributed by atoms with E-state index < -0.39 is 10.0 Å². The number of hydrogen-bond donors (Lipinski definition) is 0. The van der Waals surface area contributed by atoms with Crippen molar-refractivity contribution >= 4 is 15.9 Å². The van der Waals surface area contributed by atoms with E-state index >= 15 is 0 Å². The van der Waals surface area contributed by atoms with Crippen molar-refractivity contribution in [3.63, 3.8) is 0 Å². The first-order chi connectivity index (χ1) is 10.8. The van der Waals surface area contributed by atoms with E-state index in [0.29, 0.717) is 18.7 Å². The molecule has 0 radical (unpaired) electrons. The summed E-state index contributed by atoms with van der Waals surface area (Å²) < 4.78 is 26.4. The molecule has 0 N–H and O–H groups in total. The largest absolute Gasteiger partial charge is 0.331 e. The molecule has 23 heavy (non-hydrogen) atoms. The Kier molecular flexibility index (Phi) is 6.72. The highest BCUT2D eigenvalue weighted by molar-refractivity contribution is 7.89. The van der Waals surface area contributed by atoms with Crippen LogP contribution in [0.3, 0.4) is 0 Å². The Morgan fingerprint density at radius 3 is 2.26 bits per heavy atom.